The molecule has 1 amide bonds. The van der Waals surface area contributed by atoms with E-state index in [1.165, 1.54) is 0 Å². The number of amides is 1. The van der Waals surface area contributed by atoms with Gasteiger partial charge in [0.2, 0.25) is 17.6 Å². The summed E-state index contributed by atoms with van der Waals surface area (Å²) in [5, 5.41) is 6.94. The second-order valence-electron chi connectivity index (χ2n) is 6.79. The van der Waals surface area contributed by atoms with Crippen LogP contribution in [0.25, 0.3) is 11.4 Å². The Balaban J connectivity index is 1.20. The highest BCUT2D eigenvalue weighted by Gasteiger charge is 2.21. The van der Waals surface area contributed by atoms with Gasteiger partial charge in [-0.1, -0.05) is 35.5 Å². The molecule has 1 fully saturated rings. The van der Waals surface area contributed by atoms with Gasteiger partial charge < -0.3 is 14.3 Å². The highest BCUT2D eigenvalue weighted by atomic mass is 16.5. The molecule has 4 rings (SSSR count). The second kappa shape index (κ2) is 8.81. The molecule has 0 saturated carbocycles. The number of furan rings is 1. The predicted molar refractivity (Wildman–Crippen MR) is 102 cm³/mol. The molecular weight excluding hydrogens is 358 g/mol. The molecule has 3 aromatic rings. The van der Waals surface area contributed by atoms with Crippen LogP contribution in [0.15, 0.2) is 57.7 Å². The van der Waals surface area contributed by atoms with Crippen molar-refractivity contribution >= 4 is 5.91 Å². The van der Waals surface area contributed by atoms with Crippen LogP contribution >= 0.6 is 0 Å². The summed E-state index contributed by atoms with van der Waals surface area (Å²) >= 11 is 0. The van der Waals surface area contributed by atoms with E-state index >= 15 is 0 Å². The van der Waals surface area contributed by atoms with Gasteiger partial charge in [-0.05, 0) is 12.1 Å². The molecule has 0 bridgehead atoms. The van der Waals surface area contributed by atoms with Crippen LogP contribution in [-0.4, -0.2) is 58.6 Å². The van der Waals surface area contributed by atoms with Crippen LogP contribution in [0.5, 0.6) is 0 Å². The van der Waals surface area contributed by atoms with Crippen molar-refractivity contribution < 1.29 is 13.7 Å². The Hall–Kier alpha value is -2.97. The molecule has 1 aliphatic rings. The number of piperazine rings is 1. The molecule has 2 aromatic heterocycles. The fourth-order valence-corrected chi connectivity index (χ4v) is 3.18. The molecule has 8 nitrogen and oxygen atoms in total. The maximum atomic E-state index is 12.1. The van der Waals surface area contributed by atoms with Gasteiger partial charge in [0.15, 0.2) is 0 Å². The van der Waals surface area contributed by atoms with Crippen molar-refractivity contribution in [2.45, 2.75) is 13.1 Å². The quantitative estimate of drug-likeness (QED) is 0.667. The summed E-state index contributed by atoms with van der Waals surface area (Å²) in [5.74, 6) is 1.99. The van der Waals surface area contributed by atoms with Gasteiger partial charge in [0.05, 0.1) is 25.9 Å². The lowest BCUT2D eigenvalue weighted by molar-refractivity contribution is -0.123. The Morgan fingerprint density at radius 1 is 1.04 bits per heavy atom. The van der Waals surface area contributed by atoms with E-state index in [9.17, 15) is 4.79 Å². The van der Waals surface area contributed by atoms with E-state index in [4.69, 9.17) is 8.94 Å². The lowest BCUT2D eigenvalue weighted by atomic mass is 10.2. The third-order valence-corrected chi connectivity index (χ3v) is 4.73. The maximum absolute atomic E-state index is 12.1. The van der Waals surface area contributed by atoms with E-state index < -0.39 is 0 Å². The highest BCUT2D eigenvalue weighted by Crippen LogP contribution is 2.16. The zero-order valence-corrected chi connectivity index (χ0v) is 15.6. The van der Waals surface area contributed by atoms with E-state index in [1.54, 1.807) is 6.26 Å². The number of carbonyl (C=O) groups excluding carboxylic acids is 1. The van der Waals surface area contributed by atoms with Crippen LogP contribution in [0, 0.1) is 0 Å². The van der Waals surface area contributed by atoms with Crippen molar-refractivity contribution in [1.82, 2.24) is 25.3 Å². The van der Waals surface area contributed by atoms with Gasteiger partial charge in [-0.3, -0.25) is 14.6 Å². The summed E-state index contributed by atoms with van der Waals surface area (Å²) in [5.41, 5.74) is 0.947. The molecule has 3 heterocycles. The number of nitrogens with one attached hydrogen (secondary N) is 1. The first-order valence-electron chi connectivity index (χ1n) is 9.38. The third-order valence-electron chi connectivity index (χ3n) is 4.73. The number of nitrogens with zero attached hydrogens (tertiary/aromatic N) is 4. The smallest absolute Gasteiger partial charge is 0.241 e. The lowest BCUT2D eigenvalue weighted by Crippen LogP contribution is -2.49. The Morgan fingerprint density at radius 2 is 1.82 bits per heavy atom. The molecule has 1 saturated heterocycles. The van der Waals surface area contributed by atoms with E-state index in [0.29, 0.717) is 31.3 Å². The molecule has 1 N–H and O–H groups in total. The van der Waals surface area contributed by atoms with E-state index in [1.807, 2.05) is 42.5 Å². The first-order chi connectivity index (χ1) is 13.8. The van der Waals surface area contributed by atoms with Gasteiger partial charge in [0, 0.05) is 31.7 Å². The van der Waals surface area contributed by atoms with Crippen LogP contribution in [0.4, 0.5) is 0 Å². The van der Waals surface area contributed by atoms with Gasteiger partial charge in [-0.25, -0.2) is 0 Å². The molecule has 28 heavy (non-hydrogen) atoms. The number of carbonyl (C=O) groups is 1. The summed E-state index contributed by atoms with van der Waals surface area (Å²) in [6.45, 7) is 4.81. The van der Waals surface area contributed by atoms with Crippen molar-refractivity contribution in [2.24, 2.45) is 0 Å². The van der Waals surface area contributed by atoms with Gasteiger partial charge in [-0.15, -0.1) is 0 Å². The Morgan fingerprint density at radius 3 is 2.57 bits per heavy atom. The van der Waals surface area contributed by atoms with Gasteiger partial charge in [0.25, 0.3) is 0 Å². The van der Waals surface area contributed by atoms with Crippen LogP contribution in [-0.2, 0) is 17.9 Å². The fraction of sp³-hybridized carbons (Fsp3) is 0.350. The van der Waals surface area contributed by atoms with Crippen molar-refractivity contribution in [2.75, 3.05) is 32.7 Å². The number of hydrogen-bond donors (Lipinski definition) is 1. The molecule has 1 aromatic carbocycles. The molecule has 1 aliphatic heterocycles. The van der Waals surface area contributed by atoms with Crippen LogP contribution in [0.3, 0.4) is 0 Å². The molecule has 0 spiro atoms. The topological polar surface area (TPSA) is 87.6 Å². The molecule has 146 valence electrons. The first kappa shape index (κ1) is 18.4. The molecule has 0 radical (unpaired) electrons. The SMILES string of the molecule is O=C(CN1CCN(Cc2nc(-c3ccccc3)no2)CC1)NCc1ccco1. The van der Waals surface area contributed by atoms with Crippen molar-refractivity contribution in [3.05, 3.63) is 60.4 Å². The summed E-state index contributed by atoms with van der Waals surface area (Å²) in [6.07, 6.45) is 1.60. The van der Waals surface area contributed by atoms with E-state index in [0.717, 1.165) is 37.5 Å². The standard InChI is InChI=1S/C20H23N5O3/c26-18(21-13-17-7-4-12-27-17)14-24-8-10-25(11-9-24)15-19-22-20(23-28-19)16-5-2-1-3-6-16/h1-7,12H,8-11,13-15H2,(H,21,26). The van der Waals surface area contributed by atoms with Crippen LogP contribution < -0.4 is 5.32 Å². The minimum atomic E-state index is 0.00857. The molecule has 0 aliphatic carbocycles. The molecule has 0 unspecified atom stereocenters. The average Bonchev–Trinajstić information content (AvgIpc) is 3.41. The first-order valence-corrected chi connectivity index (χ1v) is 9.38. The summed E-state index contributed by atoms with van der Waals surface area (Å²) in [6, 6.07) is 13.5. The van der Waals surface area contributed by atoms with E-state index in [2.05, 4.69) is 25.3 Å². The monoisotopic (exact) mass is 381 g/mol. The summed E-state index contributed by atoms with van der Waals surface area (Å²) in [4.78, 5) is 21.0. The minimum Gasteiger partial charge on any atom is -0.467 e. The number of hydrogen-bond acceptors (Lipinski definition) is 7. The molecule has 0 atom stereocenters. The second-order valence-corrected chi connectivity index (χ2v) is 6.79. The molecule has 8 heteroatoms. The number of aromatic nitrogens is 2. The van der Waals surface area contributed by atoms with Crippen LogP contribution in [0.1, 0.15) is 11.7 Å². The Kier molecular flexibility index (Phi) is 5.79. The third kappa shape index (κ3) is 4.85. The van der Waals surface area contributed by atoms with Crippen molar-refractivity contribution in [3.8, 4) is 11.4 Å². The maximum Gasteiger partial charge on any atom is 0.241 e. The van der Waals surface area contributed by atoms with Gasteiger partial charge in [-0.2, -0.15) is 4.98 Å². The van der Waals surface area contributed by atoms with Crippen LogP contribution in [0.2, 0.25) is 0 Å². The molecular formula is C20H23N5O3. The lowest BCUT2D eigenvalue weighted by Gasteiger charge is -2.33. The largest absolute Gasteiger partial charge is 0.467 e. The van der Waals surface area contributed by atoms with Crippen molar-refractivity contribution in [3.63, 3.8) is 0 Å². The minimum absolute atomic E-state index is 0.00857. The normalized spacial score (nSPS) is 15.6. The van der Waals surface area contributed by atoms with E-state index in [-0.39, 0.29) is 5.91 Å². The highest BCUT2D eigenvalue weighted by molar-refractivity contribution is 5.77. The van der Waals surface area contributed by atoms with Gasteiger partial charge >= 0.3 is 0 Å². The zero-order valence-electron chi connectivity index (χ0n) is 15.6. The average molecular weight is 381 g/mol. The Bertz CT molecular complexity index is 870. The van der Waals surface area contributed by atoms with Crippen molar-refractivity contribution in [1.29, 1.82) is 0 Å². The summed E-state index contributed by atoms with van der Waals surface area (Å²) in [7, 11) is 0. The zero-order chi connectivity index (χ0) is 19.2. The number of benzene rings is 1. The fourth-order valence-electron chi connectivity index (χ4n) is 3.18. The summed E-state index contributed by atoms with van der Waals surface area (Å²) < 4.78 is 10.6. The Labute approximate surface area is 163 Å². The number of rotatable bonds is 7. The van der Waals surface area contributed by atoms with Gasteiger partial charge in [0.1, 0.15) is 5.76 Å². The predicted octanol–water partition coefficient (Wildman–Crippen LogP) is 1.76.